The Kier molecular flexibility index (Phi) is 7.64. The zero-order chi connectivity index (χ0) is 25.7. The molecule has 4 rings (SSSR count). The number of pyridine rings is 1. The highest BCUT2D eigenvalue weighted by atomic mass is 16.5. The Morgan fingerprint density at radius 1 is 0.861 bits per heavy atom. The van der Waals surface area contributed by atoms with Crippen molar-refractivity contribution in [3.63, 3.8) is 0 Å². The van der Waals surface area contributed by atoms with Crippen LogP contribution in [0.3, 0.4) is 0 Å². The normalized spacial score (nSPS) is 10.9. The smallest absolute Gasteiger partial charge is 0.244 e. The minimum absolute atomic E-state index is 0.0143. The third-order valence-corrected chi connectivity index (χ3v) is 6.19. The number of hydrogen-bond donors (Lipinski definition) is 1. The standard InChI is InChI=1S/C30H30N2O4/c1-4-20-7-11-22(12-8-20)29(34)26-18-32(19-28(33)31-23-13-9-21(5-2)10-14-23)27-16-15-24(36-6-3)17-25(27)30(26)35/h7-18H,4-6,19H2,1-3H3,(H,31,33). The molecular formula is C30H30N2O4. The van der Waals surface area contributed by atoms with Crippen molar-refractivity contribution < 1.29 is 14.3 Å². The number of carbonyl (C=O) groups excluding carboxylic acids is 2. The van der Waals surface area contributed by atoms with Crippen LogP contribution in [0, 0.1) is 0 Å². The van der Waals surface area contributed by atoms with Gasteiger partial charge in [-0.15, -0.1) is 0 Å². The van der Waals surface area contributed by atoms with Crippen molar-refractivity contribution in [3.8, 4) is 5.75 Å². The lowest BCUT2D eigenvalue weighted by Gasteiger charge is -2.15. The topological polar surface area (TPSA) is 77.4 Å². The molecule has 3 aromatic carbocycles. The summed E-state index contributed by atoms with van der Waals surface area (Å²) < 4.78 is 7.23. The van der Waals surface area contributed by atoms with Gasteiger partial charge in [0.25, 0.3) is 0 Å². The van der Waals surface area contributed by atoms with Crippen LogP contribution in [0.5, 0.6) is 5.75 Å². The third-order valence-electron chi connectivity index (χ3n) is 6.19. The van der Waals surface area contributed by atoms with Crippen LogP contribution in [0.4, 0.5) is 5.69 Å². The molecule has 36 heavy (non-hydrogen) atoms. The summed E-state index contributed by atoms with van der Waals surface area (Å²) in [6.45, 7) is 6.36. The highest BCUT2D eigenvalue weighted by Gasteiger charge is 2.19. The molecule has 1 aromatic heterocycles. The molecule has 184 valence electrons. The summed E-state index contributed by atoms with van der Waals surface area (Å²) in [7, 11) is 0. The fraction of sp³-hybridized carbons (Fsp3) is 0.233. The molecule has 0 aliphatic carbocycles. The first-order chi connectivity index (χ1) is 17.4. The number of rotatable bonds is 9. The monoisotopic (exact) mass is 482 g/mol. The molecular weight excluding hydrogens is 452 g/mol. The Bertz CT molecular complexity index is 1450. The van der Waals surface area contributed by atoms with Crippen LogP contribution in [0.25, 0.3) is 10.9 Å². The summed E-state index contributed by atoms with van der Waals surface area (Å²) in [6.07, 6.45) is 3.26. The van der Waals surface area contributed by atoms with Gasteiger partial charge in [0.2, 0.25) is 11.3 Å². The highest BCUT2D eigenvalue weighted by molar-refractivity contribution is 6.10. The number of carbonyl (C=O) groups is 2. The van der Waals surface area contributed by atoms with E-state index in [2.05, 4.69) is 12.2 Å². The summed E-state index contributed by atoms with van der Waals surface area (Å²) >= 11 is 0. The molecule has 1 heterocycles. The van der Waals surface area contributed by atoms with E-state index in [0.717, 1.165) is 18.4 Å². The maximum Gasteiger partial charge on any atom is 0.244 e. The zero-order valence-corrected chi connectivity index (χ0v) is 20.8. The van der Waals surface area contributed by atoms with Gasteiger partial charge in [0.05, 0.1) is 23.1 Å². The molecule has 0 saturated carbocycles. The predicted molar refractivity (Wildman–Crippen MR) is 143 cm³/mol. The van der Waals surface area contributed by atoms with E-state index < -0.39 is 0 Å². The van der Waals surface area contributed by atoms with Crippen molar-refractivity contribution in [2.75, 3.05) is 11.9 Å². The average Bonchev–Trinajstić information content (AvgIpc) is 2.90. The molecule has 0 radical (unpaired) electrons. The molecule has 1 amide bonds. The van der Waals surface area contributed by atoms with Crippen LogP contribution in [-0.2, 0) is 24.2 Å². The third kappa shape index (κ3) is 5.38. The van der Waals surface area contributed by atoms with Crippen molar-refractivity contribution in [3.05, 3.63) is 105 Å². The molecule has 0 atom stereocenters. The van der Waals surface area contributed by atoms with Gasteiger partial charge in [-0.3, -0.25) is 14.4 Å². The van der Waals surface area contributed by atoms with E-state index in [9.17, 15) is 14.4 Å². The number of aromatic nitrogens is 1. The Hall–Kier alpha value is -4.19. The van der Waals surface area contributed by atoms with Gasteiger partial charge in [-0.05, 0) is 61.2 Å². The van der Waals surface area contributed by atoms with E-state index in [1.54, 1.807) is 34.9 Å². The van der Waals surface area contributed by atoms with Crippen LogP contribution in [0.15, 0.2) is 77.7 Å². The van der Waals surface area contributed by atoms with Crippen molar-refractivity contribution >= 4 is 28.3 Å². The predicted octanol–water partition coefficient (Wildman–Crippen LogP) is 5.39. The van der Waals surface area contributed by atoms with Crippen molar-refractivity contribution in [1.29, 1.82) is 0 Å². The van der Waals surface area contributed by atoms with Gasteiger partial charge in [0.1, 0.15) is 12.3 Å². The van der Waals surface area contributed by atoms with Gasteiger partial charge >= 0.3 is 0 Å². The number of benzene rings is 3. The Labute approximate surface area is 210 Å². The minimum Gasteiger partial charge on any atom is -0.494 e. The number of amides is 1. The first-order valence-corrected chi connectivity index (χ1v) is 12.3. The Morgan fingerprint density at radius 3 is 2.11 bits per heavy atom. The summed E-state index contributed by atoms with van der Waals surface area (Å²) in [5.41, 5.74) is 3.58. The molecule has 0 aliphatic heterocycles. The molecule has 0 fully saturated rings. The van der Waals surface area contributed by atoms with E-state index in [-0.39, 0.29) is 29.2 Å². The number of hydrogen-bond acceptors (Lipinski definition) is 4. The van der Waals surface area contributed by atoms with Gasteiger partial charge in [-0.1, -0.05) is 50.2 Å². The van der Waals surface area contributed by atoms with Gasteiger partial charge in [0, 0.05) is 17.4 Å². The fourth-order valence-corrected chi connectivity index (χ4v) is 4.15. The van der Waals surface area contributed by atoms with E-state index >= 15 is 0 Å². The largest absolute Gasteiger partial charge is 0.494 e. The second kappa shape index (κ2) is 11.0. The molecule has 0 bridgehead atoms. The van der Waals surface area contributed by atoms with Crippen molar-refractivity contribution in [2.45, 2.75) is 40.2 Å². The molecule has 0 spiro atoms. The number of ether oxygens (including phenoxy) is 1. The number of nitrogens with one attached hydrogen (secondary N) is 1. The number of ketones is 1. The van der Waals surface area contributed by atoms with Crippen LogP contribution in [0.1, 0.15) is 47.8 Å². The fourth-order valence-electron chi connectivity index (χ4n) is 4.15. The van der Waals surface area contributed by atoms with E-state index in [1.807, 2.05) is 50.2 Å². The van der Waals surface area contributed by atoms with Crippen molar-refractivity contribution in [2.24, 2.45) is 0 Å². The molecule has 4 aromatic rings. The summed E-state index contributed by atoms with van der Waals surface area (Å²) in [5, 5.41) is 3.23. The second-order valence-electron chi connectivity index (χ2n) is 8.59. The lowest BCUT2D eigenvalue weighted by Crippen LogP contribution is -2.24. The van der Waals surface area contributed by atoms with Gasteiger partial charge < -0.3 is 14.6 Å². The van der Waals surface area contributed by atoms with Gasteiger partial charge in [-0.25, -0.2) is 0 Å². The van der Waals surface area contributed by atoms with E-state index in [4.69, 9.17) is 4.74 Å². The Morgan fingerprint density at radius 2 is 1.50 bits per heavy atom. The highest BCUT2D eigenvalue weighted by Crippen LogP contribution is 2.21. The first-order valence-electron chi connectivity index (χ1n) is 12.3. The number of aryl methyl sites for hydroxylation is 2. The second-order valence-corrected chi connectivity index (χ2v) is 8.59. The number of nitrogens with zero attached hydrogens (tertiary/aromatic N) is 1. The van der Waals surface area contributed by atoms with Crippen LogP contribution >= 0.6 is 0 Å². The van der Waals surface area contributed by atoms with Gasteiger partial charge in [0.15, 0.2) is 5.78 Å². The van der Waals surface area contributed by atoms with E-state index in [1.165, 1.54) is 11.8 Å². The van der Waals surface area contributed by atoms with Gasteiger partial charge in [-0.2, -0.15) is 0 Å². The summed E-state index contributed by atoms with van der Waals surface area (Å²) in [4.78, 5) is 39.7. The number of fused-ring (bicyclic) bond motifs is 1. The maximum absolute atomic E-state index is 13.4. The SMILES string of the molecule is CCOc1ccc2c(c1)c(=O)c(C(=O)c1ccc(CC)cc1)cn2CC(=O)Nc1ccc(CC)cc1. The minimum atomic E-state index is -0.386. The van der Waals surface area contributed by atoms with Crippen molar-refractivity contribution in [1.82, 2.24) is 4.57 Å². The average molecular weight is 483 g/mol. The number of anilines is 1. The molecule has 0 unspecified atom stereocenters. The summed E-state index contributed by atoms with van der Waals surface area (Å²) in [6, 6.07) is 20.1. The van der Waals surface area contributed by atoms with Crippen LogP contribution in [-0.4, -0.2) is 22.9 Å². The molecule has 1 N–H and O–H groups in total. The Balaban J connectivity index is 1.74. The molecule has 0 saturated heterocycles. The van der Waals surface area contributed by atoms with E-state index in [0.29, 0.717) is 34.5 Å². The van der Waals surface area contributed by atoms with Crippen LogP contribution < -0.4 is 15.5 Å². The zero-order valence-electron chi connectivity index (χ0n) is 20.8. The molecule has 0 aliphatic rings. The summed E-state index contributed by atoms with van der Waals surface area (Å²) in [5.74, 6) is -0.106. The molecule has 6 heteroatoms. The maximum atomic E-state index is 13.4. The lowest BCUT2D eigenvalue weighted by molar-refractivity contribution is -0.116. The first kappa shape index (κ1) is 24.9. The lowest BCUT2D eigenvalue weighted by atomic mass is 10.0. The van der Waals surface area contributed by atoms with Crippen LogP contribution in [0.2, 0.25) is 0 Å². The molecule has 6 nitrogen and oxygen atoms in total. The quantitative estimate of drug-likeness (QED) is 0.324.